The van der Waals surface area contributed by atoms with Crippen LogP contribution in [0, 0.1) is 0 Å². The molecule has 0 saturated carbocycles. The van der Waals surface area contributed by atoms with Crippen LogP contribution in [0.25, 0.3) is 0 Å². The molecule has 2 nitrogen and oxygen atoms in total. The van der Waals surface area contributed by atoms with Crippen molar-refractivity contribution < 1.29 is 9.84 Å². The summed E-state index contributed by atoms with van der Waals surface area (Å²) >= 11 is 5.93. The van der Waals surface area contributed by atoms with E-state index >= 15 is 0 Å². The zero-order chi connectivity index (χ0) is 13.0. The van der Waals surface area contributed by atoms with Gasteiger partial charge >= 0.3 is 0 Å². The number of benzene rings is 1. The van der Waals surface area contributed by atoms with Crippen molar-refractivity contribution in [3.63, 3.8) is 0 Å². The Balaban J connectivity index is 1.93. The highest BCUT2D eigenvalue weighted by molar-refractivity contribution is 6.30. The number of ether oxygens (including phenoxy) is 1. The average molecular weight is 269 g/mol. The maximum absolute atomic E-state index is 10.1. The van der Waals surface area contributed by atoms with Crippen LogP contribution in [0.4, 0.5) is 0 Å². The molecule has 100 valence electrons. The van der Waals surface area contributed by atoms with Gasteiger partial charge in [-0.15, -0.1) is 0 Å². The van der Waals surface area contributed by atoms with Gasteiger partial charge < -0.3 is 9.84 Å². The molecule has 2 rings (SSSR count). The number of unbranched alkanes of at least 4 members (excludes halogenated alkanes) is 3. The highest BCUT2D eigenvalue weighted by Crippen LogP contribution is 2.37. The Labute approximate surface area is 114 Å². The fraction of sp³-hybridized carbons (Fsp3) is 0.600. The summed E-state index contributed by atoms with van der Waals surface area (Å²) in [5.41, 5.74) is 0.826. The first-order chi connectivity index (χ1) is 8.70. The number of halogens is 1. The SMILES string of the molecule is CCCCCCC1C[C@H](O)c2cc(Cl)ccc2O1. The molecule has 0 radical (unpaired) electrons. The Bertz CT molecular complexity index is 392. The van der Waals surface area contributed by atoms with E-state index in [1.807, 2.05) is 12.1 Å². The third-order valence-corrected chi connectivity index (χ3v) is 3.73. The van der Waals surface area contributed by atoms with Gasteiger partial charge in [-0.1, -0.05) is 37.8 Å². The standard InChI is InChI=1S/C15H21ClO2/c1-2-3-4-5-6-12-10-14(17)13-9-11(16)7-8-15(13)18-12/h7-9,12,14,17H,2-6,10H2,1H3/t12?,14-/m0/s1. The van der Waals surface area contributed by atoms with Crippen molar-refractivity contribution in [3.05, 3.63) is 28.8 Å². The van der Waals surface area contributed by atoms with E-state index in [-0.39, 0.29) is 6.10 Å². The molecule has 3 heteroatoms. The first-order valence-electron chi connectivity index (χ1n) is 6.85. The van der Waals surface area contributed by atoms with Gasteiger partial charge in [-0.25, -0.2) is 0 Å². The number of fused-ring (bicyclic) bond motifs is 1. The molecule has 0 aromatic heterocycles. The number of hydrogen-bond donors (Lipinski definition) is 1. The predicted octanol–water partition coefficient (Wildman–Crippen LogP) is 4.49. The van der Waals surface area contributed by atoms with Crippen LogP contribution >= 0.6 is 11.6 Å². The van der Waals surface area contributed by atoms with Crippen LogP contribution in [0.1, 0.15) is 57.1 Å². The smallest absolute Gasteiger partial charge is 0.125 e. The number of hydrogen-bond acceptors (Lipinski definition) is 2. The Morgan fingerprint density at radius 1 is 1.33 bits per heavy atom. The van der Waals surface area contributed by atoms with Crippen molar-refractivity contribution >= 4 is 11.6 Å². The Morgan fingerprint density at radius 2 is 2.17 bits per heavy atom. The molecule has 0 fully saturated rings. The molecule has 0 saturated heterocycles. The van der Waals surface area contributed by atoms with Gasteiger partial charge in [-0.3, -0.25) is 0 Å². The Hall–Kier alpha value is -0.730. The molecule has 1 heterocycles. The normalized spacial score (nSPS) is 22.4. The maximum Gasteiger partial charge on any atom is 0.125 e. The van der Waals surface area contributed by atoms with Crippen molar-refractivity contribution in [1.82, 2.24) is 0 Å². The van der Waals surface area contributed by atoms with E-state index in [2.05, 4.69) is 6.92 Å². The molecule has 0 amide bonds. The average Bonchev–Trinajstić information content (AvgIpc) is 2.36. The molecule has 1 aliphatic rings. The maximum atomic E-state index is 10.1. The second-order valence-electron chi connectivity index (χ2n) is 5.02. The van der Waals surface area contributed by atoms with E-state index in [1.165, 1.54) is 25.7 Å². The topological polar surface area (TPSA) is 29.5 Å². The van der Waals surface area contributed by atoms with Crippen molar-refractivity contribution in [2.75, 3.05) is 0 Å². The minimum atomic E-state index is -0.441. The molecular formula is C15H21ClO2. The molecule has 18 heavy (non-hydrogen) atoms. The van der Waals surface area contributed by atoms with Crippen molar-refractivity contribution in [1.29, 1.82) is 0 Å². The molecule has 0 bridgehead atoms. The second kappa shape index (κ2) is 6.44. The predicted molar refractivity (Wildman–Crippen MR) is 74.2 cm³/mol. The van der Waals surface area contributed by atoms with Gasteiger partial charge in [0.25, 0.3) is 0 Å². The molecule has 1 aromatic rings. The lowest BCUT2D eigenvalue weighted by atomic mass is 9.96. The van der Waals surface area contributed by atoms with E-state index in [1.54, 1.807) is 6.07 Å². The highest BCUT2D eigenvalue weighted by atomic mass is 35.5. The van der Waals surface area contributed by atoms with Crippen LogP contribution in [-0.4, -0.2) is 11.2 Å². The van der Waals surface area contributed by atoms with Crippen LogP contribution in [0.5, 0.6) is 5.75 Å². The van der Waals surface area contributed by atoms with E-state index in [9.17, 15) is 5.11 Å². The zero-order valence-corrected chi connectivity index (χ0v) is 11.6. The molecule has 1 N–H and O–H groups in total. The monoisotopic (exact) mass is 268 g/mol. The van der Waals surface area contributed by atoms with Crippen LogP contribution < -0.4 is 4.74 Å². The molecule has 2 atom stereocenters. The summed E-state index contributed by atoms with van der Waals surface area (Å²) in [6, 6.07) is 5.47. The molecule has 0 spiro atoms. The minimum absolute atomic E-state index is 0.144. The summed E-state index contributed by atoms with van der Waals surface area (Å²) < 4.78 is 5.92. The quantitative estimate of drug-likeness (QED) is 0.797. The first-order valence-corrected chi connectivity index (χ1v) is 7.22. The summed E-state index contributed by atoms with van der Waals surface area (Å²) in [7, 11) is 0. The van der Waals surface area contributed by atoms with Gasteiger partial charge in [0.1, 0.15) is 11.9 Å². The van der Waals surface area contributed by atoms with Crippen LogP contribution in [0.15, 0.2) is 18.2 Å². The lowest BCUT2D eigenvalue weighted by Gasteiger charge is -2.29. The highest BCUT2D eigenvalue weighted by Gasteiger charge is 2.26. The molecular weight excluding hydrogens is 248 g/mol. The summed E-state index contributed by atoms with van der Waals surface area (Å²) in [5.74, 6) is 0.790. The minimum Gasteiger partial charge on any atom is -0.490 e. The Kier molecular flexibility index (Phi) is 4.90. The number of aliphatic hydroxyl groups excluding tert-OH is 1. The third kappa shape index (κ3) is 3.39. The summed E-state index contributed by atoms with van der Waals surface area (Å²) in [6.07, 6.45) is 6.36. The zero-order valence-electron chi connectivity index (χ0n) is 10.9. The van der Waals surface area contributed by atoms with Gasteiger partial charge in [-0.05, 0) is 31.0 Å². The van der Waals surface area contributed by atoms with E-state index < -0.39 is 6.10 Å². The van der Waals surface area contributed by atoms with Gasteiger partial charge in [0.15, 0.2) is 0 Å². The van der Waals surface area contributed by atoms with Crippen molar-refractivity contribution in [2.24, 2.45) is 0 Å². The van der Waals surface area contributed by atoms with E-state index in [0.717, 1.165) is 17.7 Å². The summed E-state index contributed by atoms with van der Waals surface area (Å²) in [6.45, 7) is 2.21. The second-order valence-corrected chi connectivity index (χ2v) is 5.46. The fourth-order valence-corrected chi connectivity index (χ4v) is 2.65. The van der Waals surface area contributed by atoms with Gasteiger partial charge in [0.2, 0.25) is 0 Å². The fourth-order valence-electron chi connectivity index (χ4n) is 2.47. The summed E-state index contributed by atoms with van der Waals surface area (Å²) in [5, 5.41) is 10.8. The Morgan fingerprint density at radius 3 is 2.94 bits per heavy atom. The van der Waals surface area contributed by atoms with Crippen LogP contribution in [0.2, 0.25) is 5.02 Å². The van der Waals surface area contributed by atoms with Crippen molar-refractivity contribution in [2.45, 2.75) is 57.7 Å². The lowest BCUT2D eigenvalue weighted by Crippen LogP contribution is -2.25. The third-order valence-electron chi connectivity index (χ3n) is 3.49. The lowest BCUT2D eigenvalue weighted by molar-refractivity contribution is 0.0605. The number of aliphatic hydroxyl groups is 1. The van der Waals surface area contributed by atoms with Crippen LogP contribution in [0.3, 0.4) is 0 Å². The summed E-state index contributed by atoms with van der Waals surface area (Å²) in [4.78, 5) is 0. The van der Waals surface area contributed by atoms with Gasteiger partial charge in [0.05, 0.1) is 6.10 Å². The first kappa shape index (κ1) is 13.7. The van der Waals surface area contributed by atoms with Gasteiger partial charge in [0, 0.05) is 17.0 Å². The largest absolute Gasteiger partial charge is 0.490 e. The van der Waals surface area contributed by atoms with Crippen molar-refractivity contribution in [3.8, 4) is 5.75 Å². The van der Waals surface area contributed by atoms with Crippen LogP contribution in [-0.2, 0) is 0 Å². The van der Waals surface area contributed by atoms with Gasteiger partial charge in [-0.2, -0.15) is 0 Å². The molecule has 0 aliphatic carbocycles. The molecule has 1 aromatic carbocycles. The van der Waals surface area contributed by atoms with E-state index in [4.69, 9.17) is 16.3 Å². The molecule has 1 unspecified atom stereocenters. The molecule has 1 aliphatic heterocycles. The van der Waals surface area contributed by atoms with E-state index in [0.29, 0.717) is 11.4 Å². The number of rotatable bonds is 5.